The number of hydrogen-bond donors (Lipinski definition) is 0. The van der Waals surface area contributed by atoms with Crippen LogP contribution in [0.15, 0.2) is 36.9 Å². The van der Waals surface area contributed by atoms with Gasteiger partial charge in [-0.1, -0.05) is 32.1 Å². The molecule has 3 rings (SSSR count). The first-order valence-electron chi connectivity index (χ1n) is 11.8. The van der Waals surface area contributed by atoms with Crippen molar-refractivity contribution in [2.75, 3.05) is 37.0 Å². The molecule has 0 spiro atoms. The van der Waals surface area contributed by atoms with Crippen molar-refractivity contribution in [3.63, 3.8) is 0 Å². The van der Waals surface area contributed by atoms with Crippen LogP contribution in [0.2, 0.25) is 0 Å². The normalized spacial score (nSPS) is 12.2. The van der Waals surface area contributed by atoms with Crippen molar-refractivity contribution in [3.05, 3.63) is 59.4 Å². The summed E-state index contributed by atoms with van der Waals surface area (Å²) in [5, 5.41) is 4.87. The topological polar surface area (TPSA) is 36.7 Å². The summed E-state index contributed by atoms with van der Waals surface area (Å²) in [6.45, 7) is 16.9. The lowest BCUT2D eigenvalue weighted by molar-refractivity contribution is 0.680. The first kappa shape index (κ1) is 23.8. The highest BCUT2D eigenvalue weighted by molar-refractivity contribution is 5.75. The van der Waals surface area contributed by atoms with Gasteiger partial charge in [-0.15, -0.1) is 0 Å². The molecule has 0 amide bonds. The van der Waals surface area contributed by atoms with E-state index in [0.717, 1.165) is 60.8 Å². The molecule has 1 unspecified atom stereocenters. The Morgan fingerprint density at radius 1 is 1.06 bits per heavy atom. The minimum absolute atomic E-state index is 0.441. The van der Waals surface area contributed by atoms with Crippen LogP contribution in [0.25, 0.3) is 11.2 Å². The molecule has 1 atom stereocenters. The molecular weight excluding hydrogens is 394 g/mol. The van der Waals surface area contributed by atoms with Crippen LogP contribution >= 0.6 is 0 Å². The molecule has 0 fully saturated rings. The zero-order valence-electron chi connectivity index (χ0n) is 20.9. The highest BCUT2D eigenvalue weighted by atomic mass is 15.3. The molecule has 5 nitrogen and oxygen atoms in total. The number of nitrogens with zero attached hydrogens (tertiary/aromatic N) is 5. The lowest BCUT2D eigenvalue weighted by atomic mass is 10.0. The van der Waals surface area contributed by atoms with Crippen LogP contribution in [0.1, 0.15) is 68.5 Å². The highest BCUT2D eigenvalue weighted by Crippen LogP contribution is 2.27. The number of allylic oxidation sites excluding steroid dienone is 1. The summed E-state index contributed by atoms with van der Waals surface area (Å²) in [6, 6.07) is 10.9. The molecule has 2 aromatic heterocycles. The van der Waals surface area contributed by atoms with Crippen molar-refractivity contribution < 1.29 is 0 Å². The minimum Gasteiger partial charge on any atom is -0.374 e. The number of aromatic nitrogens is 3. The van der Waals surface area contributed by atoms with Gasteiger partial charge in [0.25, 0.3) is 0 Å². The van der Waals surface area contributed by atoms with Crippen LogP contribution in [0.3, 0.4) is 0 Å². The standard InChI is InChI=1S/C27H39N5/c1-9-21(5)24-18-26-28-22(6)17-27(32(26)29-24)31(8)15-11-10-14-30(7)25-13-12-20(4)16-23(25)19(2)3/h12-13,16-18,21H,2,9-11,14-15H2,1,3-8H3. The average molecular weight is 434 g/mol. The van der Waals surface area contributed by atoms with Gasteiger partial charge in [-0.2, -0.15) is 9.61 Å². The predicted molar refractivity (Wildman–Crippen MR) is 138 cm³/mol. The van der Waals surface area contributed by atoms with Gasteiger partial charge >= 0.3 is 0 Å². The second kappa shape index (κ2) is 10.2. The second-order valence-electron chi connectivity index (χ2n) is 9.26. The molecule has 0 aliphatic carbocycles. The van der Waals surface area contributed by atoms with E-state index in [9.17, 15) is 0 Å². The van der Waals surface area contributed by atoms with Crippen LogP contribution in [-0.2, 0) is 0 Å². The second-order valence-corrected chi connectivity index (χ2v) is 9.26. The average Bonchev–Trinajstić information content (AvgIpc) is 3.18. The van der Waals surface area contributed by atoms with Crippen LogP contribution in [0.4, 0.5) is 11.5 Å². The SMILES string of the molecule is C=C(C)c1cc(C)ccc1N(C)CCCCN(C)c1cc(C)nc2cc(C(C)CC)nn12. The third kappa shape index (κ3) is 5.32. The van der Waals surface area contributed by atoms with Gasteiger partial charge in [-0.25, -0.2) is 4.98 Å². The number of aryl methyl sites for hydroxylation is 2. The summed E-state index contributed by atoms with van der Waals surface area (Å²) >= 11 is 0. The van der Waals surface area contributed by atoms with E-state index in [1.54, 1.807) is 0 Å². The summed E-state index contributed by atoms with van der Waals surface area (Å²) in [6.07, 6.45) is 3.31. The molecular formula is C27H39N5. The van der Waals surface area contributed by atoms with Gasteiger partial charge < -0.3 is 9.80 Å². The quantitative estimate of drug-likeness (QED) is 0.354. The van der Waals surface area contributed by atoms with Gasteiger partial charge in [0.05, 0.1) is 5.69 Å². The summed E-state index contributed by atoms with van der Waals surface area (Å²) in [4.78, 5) is 9.36. The van der Waals surface area contributed by atoms with Crippen LogP contribution in [0.5, 0.6) is 0 Å². The first-order chi connectivity index (χ1) is 15.2. The Balaban J connectivity index is 1.64. The van der Waals surface area contributed by atoms with E-state index in [4.69, 9.17) is 10.1 Å². The largest absolute Gasteiger partial charge is 0.374 e. The molecule has 3 aromatic rings. The van der Waals surface area contributed by atoms with E-state index in [-0.39, 0.29) is 0 Å². The molecule has 0 N–H and O–H groups in total. The number of rotatable bonds is 10. The zero-order valence-corrected chi connectivity index (χ0v) is 20.9. The molecule has 0 bridgehead atoms. The molecule has 0 saturated carbocycles. The molecule has 5 heteroatoms. The van der Waals surface area contributed by atoms with E-state index in [2.05, 4.69) is 95.4 Å². The Bertz CT molecular complexity index is 1080. The Kier molecular flexibility index (Phi) is 7.60. The van der Waals surface area contributed by atoms with Crippen molar-refractivity contribution >= 4 is 22.7 Å². The maximum atomic E-state index is 4.87. The maximum Gasteiger partial charge on any atom is 0.157 e. The lowest BCUT2D eigenvalue weighted by Crippen LogP contribution is -2.24. The van der Waals surface area contributed by atoms with Crippen molar-refractivity contribution in [2.45, 2.75) is 59.8 Å². The predicted octanol–water partition coefficient (Wildman–Crippen LogP) is 6.25. The smallest absolute Gasteiger partial charge is 0.157 e. The van der Waals surface area contributed by atoms with Gasteiger partial charge in [0, 0.05) is 62.2 Å². The number of fused-ring (bicyclic) bond motifs is 1. The molecule has 0 aliphatic heterocycles. The molecule has 0 saturated heterocycles. The number of hydrogen-bond acceptors (Lipinski definition) is 4. The van der Waals surface area contributed by atoms with E-state index in [1.807, 2.05) is 4.52 Å². The molecule has 172 valence electrons. The number of benzene rings is 1. The van der Waals surface area contributed by atoms with Crippen LogP contribution in [-0.4, -0.2) is 41.8 Å². The van der Waals surface area contributed by atoms with E-state index in [1.165, 1.54) is 16.8 Å². The van der Waals surface area contributed by atoms with Crippen molar-refractivity contribution in [1.29, 1.82) is 0 Å². The number of unbranched alkanes of at least 4 members (excludes halogenated alkanes) is 1. The Morgan fingerprint density at radius 3 is 2.41 bits per heavy atom. The lowest BCUT2D eigenvalue weighted by Gasteiger charge is -2.24. The Morgan fingerprint density at radius 2 is 1.75 bits per heavy atom. The molecule has 0 aliphatic rings. The number of anilines is 2. The fraction of sp³-hybridized carbons (Fsp3) is 0.481. The van der Waals surface area contributed by atoms with Gasteiger partial charge in [-0.3, -0.25) is 0 Å². The third-order valence-electron chi connectivity index (χ3n) is 6.32. The summed E-state index contributed by atoms with van der Waals surface area (Å²) < 4.78 is 2.01. The van der Waals surface area contributed by atoms with Gasteiger partial charge in [0.15, 0.2) is 5.65 Å². The maximum absolute atomic E-state index is 4.87. The summed E-state index contributed by atoms with van der Waals surface area (Å²) in [7, 11) is 4.33. The molecule has 32 heavy (non-hydrogen) atoms. The van der Waals surface area contributed by atoms with Gasteiger partial charge in [0.2, 0.25) is 0 Å². The minimum atomic E-state index is 0.441. The zero-order chi connectivity index (χ0) is 23.4. The van der Waals surface area contributed by atoms with E-state index >= 15 is 0 Å². The highest BCUT2D eigenvalue weighted by Gasteiger charge is 2.15. The monoisotopic (exact) mass is 433 g/mol. The van der Waals surface area contributed by atoms with Crippen molar-refractivity contribution in [1.82, 2.24) is 14.6 Å². The third-order valence-corrected chi connectivity index (χ3v) is 6.32. The van der Waals surface area contributed by atoms with E-state index < -0.39 is 0 Å². The Labute approximate surface area is 193 Å². The summed E-state index contributed by atoms with van der Waals surface area (Å²) in [5.41, 5.74) is 7.98. The van der Waals surface area contributed by atoms with Crippen molar-refractivity contribution in [2.24, 2.45) is 0 Å². The van der Waals surface area contributed by atoms with Crippen LogP contribution < -0.4 is 9.80 Å². The van der Waals surface area contributed by atoms with Crippen molar-refractivity contribution in [3.8, 4) is 0 Å². The van der Waals surface area contributed by atoms with Gasteiger partial charge in [0.1, 0.15) is 5.82 Å². The van der Waals surface area contributed by atoms with Crippen LogP contribution in [0, 0.1) is 13.8 Å². The van der Waals surface area contributed by atoms with Gasteiger partial charge in [-0.05, 0) is 57.7 Å². The fourth-order valence-electron chi connectivity index (χ4n) is 4.08. The fourth-order valence-corrected chi connectivity index (χ4v) is 4.08. The molecule has 2 heterocycles. The molecule has 0 radical (unpaired) electrons. The Hall–Kier alpha value is -2.82. The molecule has 1 aromatic carbocycles. The van der Waals surface area contributed by atoms with E-state index in [0.29, 0.717) is 5.92 Å². The first-order valence-corrected chi connectivity index (χ1v) is 11.8. The summed E-state index contributed by atoms with van der Waals surface area (Å²) in [5.74, 6) is 1.55.